The highest BCUT2D eigenvalue weighted by Gasteiger charge is 2.44. The van der Waals surface area contributed by atoms with E-state index in [-0.39, 0.29) is 24.0 Å². The fourth-order valence-electron chi connectivity index (χ4n) is 5.21. The molecule has 4 fully saturated rings. The molecular formula is C19H32N4O3. The number of nitrogens with one attached hydrogen (secondary N) is 3. The summed E-state index contributed by atoms with van der Waals surface area (Å²) in [5.74, 6) is -0.250. The van der Waals surface area contributed by atoms with Gasteiger partial charge in [-0.2, -0.15) is 0 Å². The third-order valence-electron chi connectivity index (χ3n) is 6.59. The van der Waals surface area contributed by atoms with Crippen molar-refractivity contribution >= 4 is 11.9 Å². The van der Waals surface area contributed by atoms with Crippen molar-refractivity contribution < 1.29 is 14.3 Å². The van der Waals surface area contributed by atoms with Gasteiger partial charge in [-0.15, -0.1) is 0 Å². The highest BCUT2D eigenvalue weighted by Crippen LogP contribution is 2.36. The molecule has 0 aromatic heterocycles. The summed E-state index contributed by atoms with van der Waals surface area (Å²) in [4.78, 5) is 25.1. The van der Waals surface area contributed by atoms with Crippen molar-refractivity contribution in [3.63, 3.8) is 0 Å². The Labute approximate surface area is 155 Å². The normalized spacial score (nSPS) is 40.7. The van der Waals surface area contributed by atoms with E-state index in [0.717, 1.165) is 38.8 Å². The molecule has 1 amide bonds. The summed E-state index contributed by atoms with van der Waals surface area (Å²) in [6.07, 6.45) is 6.31. The summed E-state index contributed by atoms with van der Waals surface area (Å²) in [6.45, 7) is 6.03. The first-order chi connectivity index (χ1) is 12.5. The number of rotatable bonds is 3. The van der Waals surface area contributed by atoms with Crippen LogP contribution in [0.25, 0.3) is 0 Å². The zero-order valence-electron chi connectivity index (χ0n) is 15.9. The maximum Gasteiger partial charge on any atom is 0.318 e. The van der Waals surface area contributed by atoms with Crippen molar-refractivity contribution in [2.45, 2.75) is 76.7 Å². The largest absolute Gasteiger partial charge is 0.461 e. The number of ether oxygens (including phenoxy) is 1. The molecule has 4 rings (SSSR count). The summed E-state index contributed by atoms with van der Waals surface area (Å²) >= 11 is 0. The van der Waals surface area contributed by atoms with E-state index in [1.54, 1.807) is 0 Å². The molecule has 0 bridgehead atoms. The Kier molecular flexibility index (Phi) is 5.21. The topological polar surface area (TPSA) is 82.7 Å². The van der Waals surface area contributed by atoms with Crippen molar-refractivity contribution in [3.8, 4) is 0 Å². The van der Waals surface area contributed by atoms with Crippen LogP contribution in [0.2, 0.25) is 0 Å². The van der Waals surface area contributed by atoms with Gasteiger partial charge in [-0.1, -0.05) is 6.42 Å². The average Bonchev–Trinajstić information content (AvgIpc) is 3.04. The number of piperidine rings is 1. The number of carbonyl (C=O) groups is 2. The van der Waals surface area contributed by atoms with Gasteiger partial charge in [0.25, 0.3) is 0 Å². The second kappa shape index (κ2) is 7.44. The number of carbonyl (C=O) groups excluding carboxylic acids is 2. The Balaban J connectivity index is 1.32. The number of hydrogen-bond donors (Lipinski definition) is 3. The molecule has 1 aliphatic carbocycles. The minimum absolute atomic E-state index is 0.0454. The third-order valence-corrected chi connectivity index (χ3v) is 6.59. The van der Waals surface area contributed by atoms with Crippen LogP contribution >= 0.6 is 0 Å². The Bertz CT molecular complexity index is 555. The molecule has 3 aliphatic heterocycles. The smallest absolute Gasteiger partial charge is 0.318 e. The summed E-state index contributed by atoms with van der Waals surface area (Å²) < 4.78 is 5.59. The second-order valence-electron chi connectivity index (χ2n) is 8.73. The van der Waals surface area contributed by atoms with Crippen LogP contribution in [-0.4, -0.2) is 54.3 Å². The predicted octanol–water partition coefficient (Wildman–Crippen LogP) is 0.757. The highest BCUT2D eigenvalue weighted by atomic mass is 16.5. The van der Waals surface area contributed by atoms with Crippen molar-refractivity contribution in [3.05, 3.63) is 0 Å². The molecule has 3 saturated heterocycles. The third kappa shape index (κ3) is 3.49. The quantitative estimate of drug-likeness (QED) is 0.507. The summed E-state index contributed by atoms with van der Waals surface area (Å²) in [5.41, 5.74) is 3.46. The number of nitrogens with zero attached hydrogens (tertiary/aromatic N) is 1. The zero-order chi connectivity index (χ0) is 18.3. The monoisotopic (exact) mass is 364 g/mol. The Morgan fingerprint density at radius 3 is 2.81 bits per heavy atom. The minimum Gasteiger partial charge on any atom is -0.461 e. The van der Waals surface area contributed by atoms with E-state index in [2.05, 4.69) is 34.9 Å². The van der Waals surface area contributed by atoms with Crippen molar-refractivity contribution in [2.75, 3.05) is 13.1 Å². The van der Waals surface area contributed by atoms with E-state index in [4.69, 9.17) is 4.74 Å². The van der Waals surface area contributed by atoms with Crippen LogP contribution in [0.1, 0.15) is 52.4 Å². The van der Waals surface area contributed by atoms with E-state index in [0.29, 0.717) is 30.5 Å². The molecular weight excluding hydrogens is 332 g/mol. The van der Waals surface area contributed by atoms with E-state index in [1.807, 2.05) is 0 Å². The van der Waals surface area contributed by atoms with Crippen LogP contribution in [0, 0.1) is 17.8 Å². The molecule has 0 spiro atoms. The van der Waals surface area contributed by atoms with E-state index in [9.17, 15) is 9.59 Å². The van der Waals surface area contributed by atoms with Gasteiger partial charge in [-0.3, -0.25) is 20.3 Å². The highest BCUT2D eigenvalue weighted by molar-refractivity contribution is 5.98. The lowest BCUT2D eigenvalue weighted by molar-refractivity contribution is -0.171. The summed E-state index contributed by atoms with van der Waals surface area (Å²) in [5, 5.41) is 8.95. The molecule has 7 nitrogen and oxygen atoms in total. The van der Waals surface area contributed by atoms with Crippen molar-refractivity contribution in [1.82, 2.24) is 21.1 Å². The van der Waals surface area contributed by atoms with Gasteiger partial charge in [-0.05, 0) is 51.9 Å². The molecule has 3 N–H and O–H groups in total. The lowest BCUT2D eigenvalue weighted by atomic mass is 9.78. The molecule has 4 aliphatic rings. The Morgan fingerprint density at radius 1 is 1.19 bits per heavy atom. The fraction of sp³-hybridized carbons (Fsp3) is 0.895. The molecule has 0 aromatic rings. The van der Waals surface area contributed by atoms with Gasteiger partial charge >= 0.3 is 5.97 Å². The maximum atomic E-state index is 12.8. The lowest BCUT2D eigenvalue weighted by Gasteiger charge is -2.39. The SMILES string of the molecule is CC(C)N1NCC2CC(NC(=O)C3CC4CCCCC4OC3=O)CNC21. The van der Waals surface area contributed by atoms with Crippen LogP contribution < -0.4 is 16.1 Å². The van der Waals surface area contributed by atoms with Crippen molar-refractivity contribution in [2.24, 2.45) is 17.8 Å². The number of hydrogen-bond acceptors (Lipinski definition) is 6. The average molecular weight is 364 g/mol. The number of fused-ring (bicyclic) bond motifs is 2. The van der Waals surface area contributed by atoms with Gasteiger partial charge in [-0.25, -0.2) is 5.01 Å². The Morgan fingerprint density at radius 2 is 2.00 bits per heavy atom. The maximum absolute atomic E-state index is 12.8. The Hall–Kier alpha value is -1.18. The van der Waals surface area contributed by atoms with Gasteiger partial charge in [0.1, 0.15) is 12.0 Å². The summed E-state index contributed by atoms with van der Waals surface area (Å²) in [6, 6.07) is 0.513. The van der Waals surface area contributed by atoms with Crippen LogP contribution in [-0.2, 0) is 14.3 Å². The van der Waals surface area contributed by atoms with Crippen molar-refractivity contribution in [1.29, 1.82) is 0 Å². The first-order valence-electron chi connectivity index (χ1n) is 10.3. The number of esters is 1. The molecule has 6 atom stereocenters. The van der Waals surface area contributed by atoms with Gasteiger partial charge in [0, 0.05) is 31.1 Å². The van der Waals surface area contributed by atoms with Crippen LogP contribution in [0.5, 0.6) is 0 Å². The standard InChI is InChI=1S/C19H32N4O3/c1-11(2)23-17-13(9-21-23)7-14(10-20-17)22-18(24)15-8-12-5-3-4-6-16(12)26-19(15)25/h11-17,20-21H,3-10H2,1-2H3,(H,22,24). The number of hydrazine groups is 1. The van der Waals surface area contributed by atoms with E-state index < -0.39 is 5.92 Å². The molecule has 3 heterocycles. The lowest BCUT2D eigenvalue weighted by Crippen LogP contribution is -2.59. The summed E-state index contributed by atoms with van der Waals surface area (Å²) in [7, 11) is 0. The van der Waals surface area contributed by atoms with E-state index >= 15 is 0 Å². The fourth-order valence-corrected chi connectivity index (χ4v) is 5.21. The zero-order valence-corrected chi connectivity index (χ0v) is 15.9. The van der Waals surface area contributed by atoms with Gasteiger partial charge in [0.15, 0.2) is 0 Å². The van der Waals surface area contributed by atoms with E-state index in [1.165, 1.54) is 6.42 Å². The molecule has 6 unspecified atom stereocenters. The minimum atomic E-state index is -0.624. The van der Waals surface area contributed by atoms with Gasteiger partial charge in [0.05, 0.1) is 6.17 Å². The van der Waals surface area contributed by atoms with Gasteiger partial charge < -0.3 is 10.1 Å². The second-order valence-corrected chi connectivity index (χ2v) is 8.73. The molecule has 1 saturated carbocycles. The predicted molar refractivity (Wildman–Crippen MR) is 96.8 cm³/mol. The van der Waals surface area contributed by atoms with Gasteiger partial charge in [0.2, 0.25) is 5.91 Å². The van der Waals surface area contributed by atoms with Crippen LogP contribution in [0.15, 0.2) is 0 Å². The molecule has 26 heavy (non-hydrogen) atoms. The molecule has 146 valence electrons. The first-order valence-corrected chi connectivity index (χ1v) is 10.3. The molecule has 0 aromatic carbocycles. The first kappa shape index (κ1) is 18.2. The molecule has 7 heteroatoms. The molecule has 0 radical (unpaired) electrons. The van der Waals surface area contributed by atoms with Crippen LogP contribution in [0.3, 0.4) is 0 Å². The number of amides is 1. The van der Waals surface area contributed by atoms with Crippen LogP contribution in [0.4, 0.5) is 0 Å².